The molecule has 2 aromatic rings. The van der Waals surface area contributed by atoms with Crippen LogP contribution in [0.15, 0.2) is 12.7 Å². The largest absolute Gasteiger partial charge is 0.413 e. The first-order valence-electron chi connectivity index (χ1n) is 11.8. The molecule has 2 aromatic heterocycles. The minimum Gasteiger partial charge on any atom is -0.413 e. The van der Waals surface area contributed by atoms with Gasteiger partial charge in [-0.05, 0) is 36.3 Å². The van der Waals surface area contributed by atoms with E-state index in [4.69, 9.17) is 19.3 Å². The normalized spacial score (nSPS) is 24.5. The number of aromatic nitrogens is 4. The Morgan fingerprint density at radius 1 is 1.12 bits per heavy atom. The molecule has 3 rings (SSSR count). The van der Waals surface area contributed by atoms with Gasteiger partial charge in [-0.25, -0.2) is 15.0 Å². The van der Waals surface area contributed by atoms with Gasteiger partial charge in [0.1, 0.15) is 17.9 Å². The highest BCUT2D eigenvalue weighted by Crippen LogP contribution is 2.46. The van der Waals surface area contributed by atoms with Gasteiger partial charge in [-0.2, -0.15) is 5.26 Å². The fourth-order valence-corrected chi connectivity index (χ4v) is 5.78. The zero-order valence-corrected chi connectivity index (χ0v) is 24.3. The van der Waals surface area contributed by atoms with Crippen LogP contribution in [-0.4, -0.2) is 54.5 Å². The van der Waals surface area contributed by atoms with Crippen molar-refractivity contribution in [1.29, 1.82) is 5.26 Å². The fraction of sp³-hybridized carbons (Fsp3) is 0.739. The lowest BCUT2D eigenvalue weighted by Gasteiger charge is -2.39. The van der Waals surface area contributed by atoms with Gasteiger partial charge >= 0.3 is 0 Å². The molecule has 0 unspecified atom stereocenters. The fourth-order valence-electron chi connectivity index (χ4n) is 3.44. The minimum absolute atomic E-state index is 0.00329. The van der Waals surface area contributed by atoms with Gasteiger partial charge in [-0.3, -0.25) is 4.57 Å². The molecule has 3 atom stereocenters. The van der Waals surface area contributed by atoms with E-state index in [0.29, 0.717) is 23.4 Å². The summed E-state index contributed by atoms with van der Waals surface area (Å²) >= 11 is 0. The Hall–Kier alpha value is -1.85. The van der Waals surface area contributed by atoms with E-state index in [1.807, 2.05) is 4.57 Å². The molecule has 0 radical (unpaired) electrons. The van der Waals surface area contributed by atoms with E-state index in [-0.39, 0.29) is 22.8 Å². The van der Waals surface area contributed by atoms with Crippen molar-refractivity contribution in [3.05, 3.63) is 12.7 Å². The second-order valence-corrected chi connectivity index (χ2v) is 21.9. The predicted octanol–water partition coefficient (Wildman–Crippen LogP) is 5.00. The summed E-state index contributed by atoms with van der Waals surface area (Å²) in [7, 11) is -4.27. The predicted molar refractivity (Wildman–Crippen MR) is 138 cm³/mol. The molecule has 1 aliphatic rings. The van der Waals surface area contributed by atoms with E-state index < -0.39 is 28.5 Å². The second kappa shape index (κ2) is 8.67. The average Bonchev–Trinajstić information content (AvgIpc) is 3.27. The number of hydrogen-bond donors (Lipinski definition) is 1. The first-order valence-corrected chi connectivity index (χ1v) is 17.6. The smallest absolute Gasteiger partial charge is 0.192 e. The third-order valence-electron chi connectivity index (χ3n) is 7.78. The van der Waals surface area contributed by atoms with Crippen LogP contribution in [0.4, 0.5) is 5.82 Å². The molecular formula is C23H40N6O3Si2. The van der Waals surface area contributed by atoms with Crippen molar-refractivity contribution in [3.63, 3.8) is 0 Å². The van der Waals surface area contributed by atoms with E-state index >= 15 is 0 Å². The van der Waals surface area contributed by atoms with Crippen molar-refractivity contribution < 1.29 is 13.6 Å². The number of nitrogens with zero attached hydrogens (tertiary/aromatic N) is 5. The Kier molecular flexibility index (Phi) is 6.82. The second-order valence-electron chi connectivity index (χ2n) is 12.4. The van der Waals surface area contributed by atoms with Crippen LogP contribution in [0.3, 0.4) is 0 Å². The van der Waals surface area contributed by atoms with Crippen LogP contribution in [0.25, 0.3) is 11.2 Å². The number of fused-ring (bicyclic) bond motifs is 1. The van der Waals surface area contributed by atoms with Crippen molar-refractivity contribution in [3.8, 4) is 6.07 Å². The Morgan fingerprint density at radius 2 is 1.74 bits per heavy atom. The van der Waals surface area contributed by atoms with Crippen molar-refractivity contribution in [2.75, 3.05) is 12.3 Å². The van der Waals surface area contributed by atoms with E-state index in [1.165, 1.54) is 6.33 Å². The first kappa shape index (κ1) is 26.8. The molecule has 3 heterocycles. The highest BCUT2D eigenvalue weighted by Gasteiger charge is 2.53. The summed E-state index contributed by atoms with van der Waals surface area (Å²) in [5.74, 6) is 0.302. The molecule has 0 aromatic carbocycles. The molecule has 188 valence electrons. The standard InChI is InChI=1S/C23H40N6O3Si2/c1-21(2,3)33(7,8)30-13-23(12-24)11-16(32-34(9,10)22(4,5)6)20(31-23)29-15-28-17-18(25)26-14-27-19(17)29/h14-16,20H,11,13H2,1-10H3,(H2,25,26,27)/t16-,20-,23-/m1/s1. The molecule has 0 amide bonds. The van der Waals surface area contributed by atoms with E-state index in [0.717, 1.165) is 0 Å². The van der Waals surface area contributed by atoms with Gasteiger partial charge in [0.25, 0.3) is 0 Å². The Labute approximate surface area is 205 Å². The zero-order valence-electron chi connectivity index (χ0n) is 22.3. The van der Waals surface area contributed by atoms with Crippen LogP contribution in [-0.2, 0) is 13.6 Å². The number of rotatable bonds is 6. The zero-order chi connectivity index (χ0) is 25.7. The molecule has 0 spiro atoms. The molecule has 11 heteroatoms. The number of imidazole rings is 1. The molecule has 2 N–H and O–H groups in total. The summed E-state index contributed by atoms with van der Waals surface area (Å²) in [6.45, 7) is 22.1. The van der Waals surface area contributed by atoms with Crippen LogP contribution in [0.1, 0.15) is 54.2 Å². The molecule has 1 fully saturated rings. The lowest BCUT2D eigenvalue weighted by molar-refractivity contribution is -0.0760. The summed E-state index contributed by atoms with van der Waals surface area (Å²) in [5, 5.41) is 10.3. The highest BCUT2D eigenvalue weighted by atomic mass is 28.4. The van der Waals surface area contributed by atoms with E-state index in [9.17, 15) is 5.26 Å². The minimum atomic E-state index is -2.18. The number of nitriles is 1. The number of hydrogen-bond acceptors (Lipinski definition) is 8. The third kappa shape index (κ3) is 4.92. The van der Waals surface area contributed by atoms with Gasteiger partial charge in [-0.15, -0.1) is 0 Å². The molecule has 0 saturated carbocycles. The Balaban J connectivity index is 2.01. The summed E-state index contributed by atoms with van der Waals surface area (Å²) in [6.07, 6.45) is 2.50. The molecule has 9 nitrogen and oxygen atoms in total. The summed E-state index contributed by atoms with van der Waals surface area (Å²) in [4.78, 5) is 12.9. The number of nitrogens with two attached hydrogens (primary N) is 1. The van der Waals surface area contributed by atoms with Crippen LogP contribution < -0.4 is 5.73 Å². The lowest BCUT2D eigenvalue weighted by Crippen LogP contribution is -2.46. The third-order valence-corrected chi connectivity index (χ3v) is 16.8. The highest BCUT2D eigenvalue weighted by molar-refractivity contribution is 6.74. The van der Waals surface area contributed by atoms with Gasteiger partial charge in [-0.1, -0.05) is 41.5 Å². The maximum absolute atomic E-state index is 10.3. The number of nitrogen functional groups attached to an aromatic ring is 1. The van der Waals surface area contributed by atoms with Crippen molar-refractivity contribution in [2.24, 2.45) is 0 Å². The van der Waals surface area contributed by atoms with Crippen LogP contribution in [0.5, 0.6) is 0 Å². The summed E-state index contributed by atoms with van der Waals surface area (Å²) < 4.78 is 21.6. The van der Waals surface area contributed by atoms with Gasteiger partial charge in [0.05, 0.1) is 19.0 Å². The molecule has 34 heavy (non-hydrogen) atoms. The summed E-state index contributed by atoms with van der Waals surface area (Å²) in [5.41, 5.74) is 5.94. The lowest BCUT2D eigenvalue weighted by atomic mass is 10.0. The molecule has 1 saturated heterocycles. The van der Waals surface area contributed by atoms with Gasteiger partial charge in [0.2, 0.25) is 0 Å². The van der Waals surface area contributed by atoms with Crippen molar-refractivity contribution >= 4 is 33.6 Å². The average molecular weight is 505 g/mol. The monoisotopic (exact) mass is 504 g/mol. The maximum atomic E-state index is 10.3. The van der Waals surface area contributed by atoms with Crippen LogP contribution in [0.2, 0.25) is 36.3 Å². The quantitative estimate of drug-likeness (QED) is 0.545. The van der Waals surface area contributed by atoms with Crippen LogP contribution >= 0.6 is 0 Å². The summed E-state index contributed by atoms with van der Waals surface area (Å²) in [6, 6.07) is 2.43. The van der Waals surface area contributed by atoms with Crippen molar-refractivity contribution in [2.45, 2.75) is 102 Å². The van der Waals surface area contributed by atoms with E-state index in [1.54, 1.807) is 6.33 Å². The number of ether oxygens (including phenoxy) is 1. The van der Waals surface area contributed by atoms with Gasteiger partial charge in [0.15, 0.2) is 39.9 Å². The first-order chi connectivity index (χ1) is 15.4. The SMILES string of the molecule is CC(C)(C)[Si](C)(C)OC[C@]1(C#N)C[C@@H](O[Si](C)(C)C(C)(C)C)[C@H](n2cnc3c(N)ncnc32)O1. The Bertz CT molecular complexity index is 1080. The molecule has 1 aliphatic heterocycles. The molecular weight excluding hydrogens is 464 g/mol. The van der Waals surface area contributed by atoms with Crippen molar-refractivity contribution in [1.82, 2.24) is 19.5 Å². The van der Waals surface area contributed by atoms with Gasteiger partial charge in [0, 0.05) is 6.42 Å². The van der Waals surface area contributed by atoms with E-state index in [2.05, 4.69) is 88.8 Å². The Morgan fingerprint density at radius 3 is 2.29 bits per heavy atom. The molecule has 0 bridgehead atoms. The van der Waals surface area contributed by atoms with Crippen LogP contribution in [0, 0.1) is 11.3 Å². The maximum Gasteiger partial charge on any atom is 0.192 e. The van der Waals surface area contributed by atoms with Gasteiger partial charge < -0.3 is 19.3 Å². The topological polar surface area (TPSA) is 121 Å². The molecule has 0 aliphatic carbocycles. The number of anilines is 1.